The molecule has 0 heterocycles. The number of nitrogens with zero attached hydrogens (tertiary/aromatic N) is 1. The number of benzene rings is 1. The van der Waals surface area contributed by atoms with Gasteiger partial charge in [0.25, 0.3) is 0 Å². The van der Waals surface area contributed by atoms with Crippen molar-refractivity contribution in [3.05, 3.63) is 35.9 Å². The number of esters is 1. The molecule has 0 saturated heterocycles. The number of methoxy groups -OCH3 is 1. The Hall–Kier alpha value is -1.57. The van der Waals surface area contributed by atoms with E-state index in [-0.39, 0.29) is 30.9 Å². The van der Waals surface area contributed by atoms with Gasteiger partial charge in [0.15, 0.2) is 6.04 Å². The lowest BCUT2D eigenvalue weighted by Gasteiger charge is -2.30. The van der Waals surface area contributed by atoms with Crippen LogP contribution in [0.1, 0.15) is 38.7 Å². The van der Waals surface area contributed by atoms with E-state index in [4.69, 9.17) is 15.3 Å². The Bertz CT molecular complexity index is 585. The molecule has 28 heavy (non-hydrogen) atoms. The van der Waals surface area contributed by atoms with Crippen LogP contribution in [0, 0.1) is 5.92 Å². The molecular formula is C21H34N2O4S. The monoisotopic (exact) mass is 410 g/mol. The summed E-state index contributed by atoms with van der Waals surface area (Å²) in [6.45, 7) is 4.28. The van der Waals surface area contributed by atoms with Gasteiger partial charge in [-0.3, -0.25) is 9.63 Å². The van der Waals surface area contributed by atoms with E-state index >= 15 is 0 Å². The van der Waals surface area contributed by atoms with Crippen LogP contribution < -0.4 is 5.73 Å². The van der Waals surface area contributed by atoms with E-state index in [9.17, 15) is 9.59 Å². The van der Waals surface area contributed by atoms with Gasteiger partial charge in [0, 0.05) is 12.5 Å². The molecule has 158 valence electrons. The summed E-state index contributed by atoms with van der Waals surface area (Å²) in [5, 5.41) is 1.20. The number of ether oxygens (including phenoxy) is 1. The summed E-state index contributed by atoms with van der Waals surface area (Å²) in [6, 6.07) is 8.78. The predicted molar refractivity (Wildman–Crippen MR) is 114 cm³/mol. The molecule has 2 N–H and O–H groups in total. The summed E-state index contributed by atoms with van der Waals surface area (Å²) in [5.41, 5.74) is 7.23. The van der Waals surface area contributed by atoms with Crippen LogP contribution in [0.2, 0.25) is 0 Å². The molecule has 0 aliphatic carbocycles. The van der Waals surface area contributed by atoms with Gasteiger partial charge in [0.05, 0.1) is 13.7 Å². The molecule has 0 bridgehead atoms. The molecule has 7 heteroatoms. The lowest BCUT2D eigenvalue weighted by atomic mass is 10.0. The van der Waals surface area contributed by atoms with Crippen LogP contribution in [-0.4, -0.2) is 54.7 Å². The Balaban J connectivity index is 2.89. The highest BCUT2D eigenvalue weighted by atomic mass is 32.2. The summed E-state index contributed by atoms with van der Waals surface area (Å²) >= 11 is 1.60. The molecule has 1 amide bonds. The Morgan fingerprint density at radius 3 is 2.50 bits per heavy atom. The number of hydrogen-bond donors (Lipinski definition) is 1. The van der Waals surface area contributed by atoms with E-state index < -0.39 is 12.0 Å². The molecule has 0 fully saturated rings. The predicted octanol–water partition coefficient (Wildman–Crippen LogP) is 3.05. The zero-order valence-corrected chi connectivity index (χ0v) is 18.2. The molecule has 0 aliphatic heterocycles. The minimum Gasteiger partial charge on any atom is -0.467 e. The molecule has 3 atom stereocenters. The molecule has 1 rings (SSSR count). The average Bonchev–Trinajstić information content (AvgIpc) is 2.73. The molecule has 0 spiro atoms. The first-order valence-electron chi connectivity index (χ1n) is 9.75. The number of amides is 1. The molecule has 0 radical (unpaired) electrons. The van der Waals surface area contributed by atoms with Gasteiger partial charge >= 0.3 is 5.97 Å². The van der Waals surface area contributed by atoms with Gasteiger partial charge in [0.2, 0.25) is 5.91 Å². The zero-order chi connectivity index (χ0) is 20.9. The summed E-state index contributed by atoms with van der Waals surface area (Å²) in [6.07, 6.45) is 4.15. The maximum atomic E-state index is 12.9. The molecule has 1 unspecified atom stereocenters. The highest BCUT2D eigenvalue weighted by molar-refractivity contribution is 7.98. The van der Waals surface area contributed by atoms with Crippen LogP contribution in [0.4, 0.5) is 0 Å². The molecule has 1 aromatic carbocycles. The van der Waals surface area contributed by atoms with Gasteiger partial charge in [-0.2, -0.15) is 11.8 Å². The van der Waals surface area contributed by atoms with Crippen molar-refractivity contribution in [1.29, 1.82) is 0 Å². The van der Waals surface area contributed by atoms with Crippen molar-refractivity contribution in [3.63, 3.8) is 0 Å². The van der Waals surface area contributed by atoms with Gasteiger partial charge in [-0.15, -0.1) is 0 Å². The van der Waals surface area contributed by atoms with Gasteiger partial charge in [-0.25, -0.2) is 9.86 Å². The lowest BCUT2D eigenvalue weighted by molar-refractivity contribution is -0.210. The van der Waals surface area contributed by atoms with Gasteiger partial charge in [-0.05, 0) is 36.3 Å². The van der Waals surface area contributed by atoms with Crippen molar-refractivity contribution < 1.29 is 19.2 Å². The second-order valence-electron chi connectivity index (χ2n) is 6.87. The topological polar surface area (TPSA) is 81.9 Å². The third-order valence-electron chi connectivity index (χ3n) is 4.85. The summed E-state index contributed by atoms with van der Waals surface area (Å²) < 4.78 is 4.93. The minimum atomic E-state index is -0.773. The van der Waals surface area contributed by atoms with Gasteiger partial charge < -0.3 is 10.5 Å². The number of carbonyl (C=O) groups is 2. The number of aryl methyl sites for hydroxylation is 1. The summed E-state index contributed by atoms with van der Waals surface area (Å²) in [4.78, 5) is 31.1. The van der Waals surface area contributed by atoms with Crippen molar-refractivity contribution >= 4 is 23.6 Å². The Labute approximate surface area is 173 Å². The largest absolute Gasteiger partial charge is 0.467 e. The Morgan fingerprint density at radius 1 is 1.25 bits per heavy atom. The van der Waals surface area contributed by atoms with Gasteiger partial charge in [0.1, 0.15) is 0 Å². The highest BCUT2D eigenvalue weighted by Crippen LogP contribution is 2.16. The first-order chi connectivity index (χ1) is 13.4. The minimum absolute atomic E-state index is 0.179. The number of thioether (sulfide) groups is 1. The molecule has 0 aromatic heterocycles. The second-order valence-corrected chi connectivity index (χ2v) is 7.86. The van der Waals surface area contributed by atoms with Crippen molar-refractivity contribution in [2.75, 3.05) is 25.7 Å². The zero-order valence-electron chi connectivity index (χ0n) is 17.4. The third-order valence-corrected chi connectivity index (χ3v) is 5.49. The van der Waals surface area contributed by atoms with E-state index in [2.05, 4.69) is 6.92 Å². The van der Waals surface area contributed by atoms with Crippen molar-refractivity contribution in [2.24, 2.45) is 11.7 Å². The fourth-order valence-corrected chi connectivity index (χ4v) is 3.13. The summed E-state index contributed by atoms with van der Waals surface area (Å²) in [7, 11) is 1.33. The molecule has 0 aliphatic rings. The van der Waals surface area contributed by atoms with Crippen LogP contribution >= 0.6 is 11.8 Å². The van der Waals surface area contributed by atoms with E-state index in [1.54, 1.807) is 11.8 Å². The maximum Gasteiger partial charge on any atom is 0.331 e. The average molecular weight is 411 g/mol. The highest BCUT2D eigenvalue weighted by Gasteiger charge is 2.32. The van der Waals surface area contributed by atoms with Crippen LogP contribution in [0.15, 0.2) is 30.3 Å². The van der Waals surface area contributed by atoms with E-state index in [1.807, 2.05) is 43.5 Å². The summed E-state index contributed by atoms with van der Waals surface area (Å²) in [5.74, 6) is 0.253. The number of hydroxylamine groups is 2. The first kappa shape index (κ1) is 24.5. The van der Waals surface area contributed by atoms with Crippen LogP contribution in [0.25, 0.3) is 0 Å². The van der Waals surface area contributed by atoms with Crippen LogP contribution in [0.3, 0.4) is 0 Å². The third kappa shape index (κ3) is 8.20. The fourth-order valence-electron chi connectivity index (χ4n) is 2.67. The lowest BCUT2D eigenvalue weighted by Crippen LogP contribution is -2.48. The normalized spacial score (nSPS) is 14.2. The Morgan fingerprint density at radius 2 is 1.93 bits per heavy atom. The van der Waals surface area contributed by atoms with Crippen LogP contribution in [-0.2, 0) is 25.6 Å². The molecule has 0 saturated carbocycles. The first-order valence-corrected chi connectivity index (χ1v) is 11.1. The molecule has 6 nitrogen and oxygen atoms in total. The second kappa shape index (κ2) is 13.6. The quantitative estimate of drug-likeness (QED) is 0.398. The standard InChI is InChI=1S/C21H34N2O4S/c1-5-16(2)18(22)15-27-23(19(13-14-28-4)21(25)26-3)20(24)12-11-17-9-7-6-8-10-17/h6-10,16,18-19H,5,11-15,22H2,1-4H3/t16-,18?,19-/m0/s1. The number of carbonyl (C=O) groups excluding carboxylic acids is 2. The van der Waals surface area contributed by atoms with E-state index in [0.717, 1.165) is 12.0 Å². The van der Waals surface area contributed by atoms with Crippen molar-refractivity contribution in [2.45, 2.75) is 51.6 Å². The van der Waals surface area contributed by atoms with E-state index in [0.29, 0.717) is 18.6 Å². The number of nitrogens with two attached hydrogens (primary N) is 1. The van der Waals surface area contributed by atoms with E-state index in [1.165, 1.54) is 12.2 Å². The molecule has 1 aromatic rings. The smallest absolute Gasteiger partial charge is 0.331 e. The molecular weight excluding hydrogens is 376 g/mol. The SMILES string of the molecule is CC[C@H](C)C(N)CON(C(=O)CCc1ccccc1)[C@@H](CCSC)C(=O)OC. The number of hydrogen-bond acceptors (Lipinski definition) is 6. The van der Waals surface area contributed by atoms with Crippen molar-refractivity contribution in [3.8, 4) is 0 Å². The van der Waals surface area contributed by atoms with Crippen LogP contribution in [0.5, 0.6) is 0 Å². The maximum absolute atomic E-state index is 12.9. The fraction of sp³-hybridized carbons (Fsp3) is 0.619. The number of rotatable bonds is 13. The Kier molecular flexibility index (Phi) is 11.9. The van der Waals surface area contributed by atoms with Crippen molar-refractivity contribution in [1.82, 2.24) is 5.06 Å². The van der Waals surface area contributed by atoms with Gasteiger partial charge in [-0.1, -0.05) is 50.6 Å².